The Hall–Kier alpha value is -2.63. The zero-order valence-electron chi connectivity index (χ0n) is 17.4. The van der Waals surface area contributed by atoms with Crippen molar-refractivity contribution in [1.29, 1.82) is 0 Å². The molecule has 1 heterocycles. The van der Waals surface area contributed by atoms with Crippen LogP contribution in [0.3, 0.4) is 0 Å². The number of benzene rings is 2. The number of ether oxygens (including phenoxy) is 1. The molecule has 0 radical (unpaired) electrons. The largest absolute Gasteiger partial charge is 0.496 e. The summed E-state index contributed by atoms with van der Waals surface area (Å²) in [7, 11) is 1.65. The van der Waals surface area contributed by atoms with Gasteiger partial charge in [-0.2, -0.15) is 0 Å². The third-order valence-electron chi connectivity index (χ3n) is 5.45. The van der Waals surface area contributed by atoms with Gasteiger partial charge in [-0.05, 0) is 18.6 Å². The molecule has 1 saturated heterocycles. The van der Waals surface area contributed by atoms with E-state index in [0.717, 1.165) is 44.0 Å². The van der Waals surface area contributed by atoms with Crippen molar-refractivity contribution in [3.05, 3.63) is 71.8 Å². The van der Waals surface area contributed by atoms with Crippen LogP contribution in [0.25, 0.3) is 6.08 Å². The van der Waals surface area contributed by atoms with Gasteiger partial charge in [0.25, 0.3) is 0 Å². The molecule has 1 fully saturated rings. The normalized spacial score (nSPS) is 16.6. The summed E-state index contributed by atoms with van der Waals surface area (Å²) in [6, 6.07) is 18.0. The summed E-state index contributed by atoms with van der Waals surface area (Å²) in [4.78, 5) is 17.3. The Morgan fingerprint density at radius 3 is 2.48 bits per heavy atom. The predicted molar refractivity (Wildman–Crippen MR) is 118 cm³/mol. The van der Waals surface area contributed by atoms with E-state index in [1.54, 1.807) is 7.11 Å². The topological polar surface area (TPSA) is 44.8 Å². The van der Waals surface area contributed by atoms with E-state index >= 15 is 0 Å². The molecule has 154 valence electrons. The second-order valence-electron chi connectivity index (χ2n) is 7.36. The average molecular weight is 394 g/mol. The van der Waals surface area contributed by atoms with Crippen LogP contribution in [-0.4, -0.2) is 61.6 Å². The van der Waals surface area contributed by atoms with Crippen molar-refractivity contribution in [2.45, 2.75) is 19.5 Å². The van der Waals surface area contributed by atoms with Crippen LogP contribution in [0.2, 0.25) is 0 Å². The summed E-state index contributed by atoms with van der Waals surface area (Å²) in [6.45, 7) is 7.18. The third-order valence-corrected chi connectivity index (χ3v) is 5.45. The van der Waals surface area contributed by atoms with Gasteiger partial charge >= 0.3 is 0 Å². The van der Waals surface area contributed by atoms with Gasteiger partial charge < -0.3 is 10.1 Å². The molecule has 0 aromatic heterocycles. The number of carbonyl (C=O) groups is 1. The van der Waals surface area contributed by atoms with Gasteiger partial charge in [-0.1, -0.05) is 60.7 Å². The number of hydrogen-bond donors (Lipinski definition) is 1. The number of methoxy groups -OCH3 is 1. The standard InChI is InChI=1S/C24H31N3O2/c1-20(24(28)25-19-22-12-6-7-13-23(22)29-2)27-17-15-26(16-18-27)14-8-11-21-9-4-3-5-10-21/h3-13,20H,14-19H2,1-2H3,(H,25,28)/b11-8+/t20-/m0/s1. The Bertz CT molecular complexity index is 799. The highest BCUT2D eigenvalue weighted by molar-refractivity contribution is 5.81. The van der Waals surface area contributed by atoms with Crippen molar-refractivity contribution in [3.8, 4) is 5.75 Å². The molecule has 0 aliphatic carbocycles. The maximum Gasteiger partial charge on any atom is 0.237 e. The lowest BCUT2D eigenvalue weighted by Crippen LogP contribution is -2.53. The van der Waals surface area contributed by atoms with Gasteiger partial charge in [-0.3, -0.25) is 14.6 Å². The second kappa shape index (κ2) is 10.8. The van der Waals surface area contributed by atoms with Crippen molar-refractivity contribution in [2.75, 3.05) is 39.8 Å². The van der Waals surface area contributed by atoms with E-state index in [2.05, 4.69) is 51.5 Å². The minimum atomic E-state index is -0.133. The molecule has 0 saturated carbocycles. The number of amides is 1. The molecule has 2 aromatic carbocycles. The van der Waals surface area contributed by atoms with E-state index in [4.69, 9.17) is 4.74 Å². The first-order valence-corrected chi connectivity index (χ1v) is 10.2. The van der Waals surface area contributed by atoms with E-state index < -0.39 is 0 Å². The lowest BCUT2D eigenvalue weighted by molar-refractivity contribution is -0.126. The zero-order valence-corrected chi connectivity index (χ0v) is 17.4. The van der Waals surface area contributed by atoms with Crippen molar-refractivity contribution in [2.24, 2.45) is 0 Å². The van der Waals surface area contributed by atoms with Gasteiger partial charge in [0.2, 0.25) is 5.91 Å². The van der Waals surface area contributed by atoms with Crippen molar-refractivity contribution in [1.82, 2.24) is 15.1 Å². The van der Waals surface area contributed by atoms with E-state index in [-0.39, 0.29) is 11.9 Å². The SMILES string of the molecule is COc1ccccc1CNC(=O)[C@H](C)N1CCN(C/C=C/c2ccccc2)CC1. The van der Waals surface area contributed by atoms with Crippen LogP contribution >= 0.6 is 0 Å². The molecular formula is C24H31N3O2. The Balaban J connectivity index is 1.41. The number of nitrogens with one attached hydrogen (secondary N) is 1. The Morgan fingerprint density at radius 2 is 1.76 bits per heavy atom. The molecule has 3 rings (SSSR count). The summed E-state index contributed by atoms with van der Waals surface area (Å²) in [6.07, 6.45) is 4.38. The molecule has 29 heavy (non-hydrogen) atoms. The van der Waals surface area contributed by atoms with Crippen LogP contribution in [0, 0.1) is 0 Å². The molecule has 2 aromatic rings. The Morgan fingerprint density at radius 1 is 1.07 bits per heavy atom. The smallest absolute Gasteiger partial charge is 0.237 e. The van der Waals surface area contributed by atoms with Gasteiger partial charge in [0, 0.05) is 44.8 Å². The molecule has 1 atom stereocenters. The maximum atomic E-state index is 12.6. The monoisotopic (exact) mass is 393 g/mol. The Kier molecular flexibility index (Phi) is 7.85. The summed E-state index contributed by atoms with van der Waals surface area (Å²) in [5.74, 6) is 0.867. The van der Waals surface area contributed by atoms with Crippen molar-refractivity contribution < 1.29 is 9.53 Å². The number of nitrogens with zero attached hydrogens (tertiary/aromatic N) is 2. The van der Waals surface area contributed by atoms with Crippen LogP contribution in [0.5, 0.6) is 5.75 Å². The van der Waals surface area contributed by atoms with Crippen LogP contribution < -0.4 is 10.1 Å². The summed E-state index contributed by atoms with van der Waals surface area (Å²) in [5.41, 5.74) is 2.22. The molecule has 0 unspecified atom stereocenters. The molecule has 5 nitrogen and oxygen atoms in total. The summed E-state index contributed by atoms with van der Waals surface area (Å²) in [5, 5.41) is 3.05. The maximum absolute atomic E-state index is 12.6. The van der Waals surface area contributed by atoms with Gasteiger partial charge in [-0.25, -0.2) is 0 Å². The molecule has 1 N–H and O–H groups in total. The molecule has 1 aliphatic rings. The zero-order chi connectivity index (χ0) is 20.5. The minimum Gasteiger partial charge on any atom is -0.496 e. The van der Waals surface area contributed by atoms with Crippen LogP contribution in [0.15, 0.2) is 60.7 Å². The second-order valence-corrected chi connectivity index (χ2v) is 7.36. The van der Waals surface area contributed by atoms with Crippen LogP contribution in [0.1, 0.15) is 18.1 Å². The first-order valence-electron chi connectivity index (χ1n) is 10.2. The summed E-state index contributed by atoms with van der Waals surface area (Å²) < 4.78 is 5.35. The highest BCUT2D eigenvalue weighted by Gasteiger charge is 2.25. The van der Waals surface area contributed by atoms with Gasteiger partial charge in [0.05, 0.1) is 13.2 Å². The number of carbonyl (C=O) groups excluding carboxylic acids is 1. The van der Waals surface area contributed by atoms with Gasteiger partial charge in [0.1, 0.15) is 5.75 Å². The van der Waals surface area contributed by atoms with E-state index in [9.17, 15) is 4.79 Å². The fourth-order valence-corrected chi connectivity index (χ4v) is 3.58. The van der Waals surface area contributed by atoms with Crippen molar-refractivity contribution >= 4 is 12.0 Å². The van der Waals surface area contributed by atoms with E-state index in [1.807, 2.05) is 37.3 Å². The minimum absolute atomic E-state index is 0.0633. The Labute approximate surface area is 174 Å². The fraction of sp³-hybridized carbons (Fsp3) is 0.375. The molecule has 0 spiro atoms. The molecule has 0 bridgehead atoms. The lowest BCUT2D eigenvalue weighted by atomic mass is 10.1. The van der Waals surface area contributed by atoms with E-state index in [1.165, 1.54) is 5.56 Å². The molecular weight excluding hydrogens is 362 g/mol. The molecule has 1 aliphatic heterocycles. The highest BCUT2D eigenvalue weighted by atomic mass is 16.5. The number of rotatable bonds is 8. The first kappa shape index (κ1) is 21.1. The molecule has 1 amide bonds. The van der Waals surface area contributed by atoms with Gasteiger partial charge in [-0.15, -0.1) is 0 Å². The van der Waals surface area contributed by atoms with Crippen molar-refractivity contribution in [3.63, 3.8) is 0 Å². The lowest BCUT2D eigenvalue weighted by Gasteiger charge is -2.37. The fourth-order valence-electron chi connectivity index (χ4n) is 3.58. The van der Waals surface area contributed by atoms with Crippen LogP contribution in [0.4, 0.5) is 0 Å². The van der Waals surface area contributed by atoms with E-state index in [0.29, 0.717) is 6.54 Å². The predicted octanol–water partition coefficient (Wildman–Crippen LogP) is 3.03. The first-order chi connectivity index (χ1) is 14.2. The average Bonchev–Trinajstić information content (AvgIpc) is 2.78. The third kappa shape index (κ3) is 6.17. The number of hydrogen-bond acceptors (Lipinski definition) is 4. The van der Waals surface area contributed by atoms with Crippen LogP contribution in [-0.2, 0) is 11.3 Å². The number of para-hydroxylation sites is 1. The molecule has 5 heteroatoms. The highest BCUT2D eigenvalue weighted by Crippen LogP contribution is 2.17. The summed E-state index contributed by atoms with van der Waals surface area (Å²) >= 11 is 0. The number of piperazine rings is 1. The van der Waals surface area contributed by atoms with Gasteiger partial charge in [0.15, 0.2) is 0 Å². The quantitative estimate of drug-likeness (QED) is 0.749.